The molecule has 0 saturated carbocycles. The van der Waals surface area contributed by atoms with Crippen LogP contribution in [0.25, 0.3) is 0 Å². The molecule has 0 aromatic carbocycles. The highest BCUT2D eigenvalue weighted by molar-refractivity contribution is 7.09. The van der Waals surface area contributed by atoms with E-state index in [9.17, 15) is 4.79 Å². The molecule has 0 bridgehead atoms. The fourth-order valence-corrected chi connectivity index (χ4v) is 4.86. The predicted molar refractivity (Wildman–Crippen MR) is 105 cm³/mol. The number of rotatable bonds is 3. The smallest absolute Gasteiger partial charge is 0.317 e. The second kappa shape index (κ2) is 7.96. The van der Waals surface area contributed by atoms with Gasteiger partial charge in [0.2, 0.25) is 0 Å². The number of urea groups is 1. The molecule has 1 atom stereocenters. The molecule has 2 aromatic heterocycles. The van der Waals surface area contributed by atoms with Crippen LogP contribution >= 0.6 is 11.3 Å². The maximum atomic E-state index is 12.6. The minimum absolute atomic E-state index is 0.00822. The number of thiazole rings is 1. The number of likely N-dealkylation sites (tertiary alicyclic amines) is 1. The van der Waals surface area contributed by atoms with Gasteiger partial charge < -0.3 is 14.8 Å². The number of nitrogens with one attached hydrogen (secondary N) is 1. The van der Waals surface area contributed by atoms with E-state index in [0.29, 0.717) is 5.92 Å². The van der Waals surface area contributed by atoms with Gasteiger partial charge in [-0.2, -0.15) is 0 Å². The van der Waals surface area contributed by atoms with E-state index in [1.807, 2.05) is 24.1 Å². The second-order valence-corrected chi connectivity index (χ2v) is 8.59. The number of piperidine rings is 1. The van der Waals surface area contributed by atoms with Gasteiger partial charge in [0, 0.05) is 43.0 Å². The highest BCUT2D eigenvalue weighted by Crippen LogP contribution is 2.29. The van der Waals surface area contributed by atoms with E-state index in [4.69, 9.17) is 0 Å². The van der Waals surface area contributed by atoms with Crippen molar-refractivity contribution >= 4 is 17.4 Å². The molecule has 2 aliphatic rings. The van der Waals surface area contributed by atoms with Crippen LogP contribution in [-0.2, 0) is 13.0 Å². The van der Waals surface area contributed by atoms with Crippen molar-refractivity contribution in [2.75, 3.05) is 13.1 Å². The molecule has 2 aliphatic heterocycles. The van der Waals surface area contributed by atoms with Crippen molar-refractivity contribution in [1.29, 1.82) is 0 Å². The Balaban J connectivity index is 1.34. The molecule has 8 heteroatoms. The summed E-state index contributed by atoms with van der Waals surface area (Å²) in [5.41, 5.74) is 1.00. The normalized spacial score (nSPS) is 19.4. The van der Waals surface area contributed by atoms with Crippen molar-refractivity contribution in [2.24, 2.45) is 0 Å². The Morgan fingerprint density at radius 2 is 2.04 bits per heavy atom. The van der Waals surface area contributed by atoms with Crippen LogP contribution in [0, 0.1) is 6.92 Å². The number of nitrogens with zero attached hydrogens (tertiary/aromatic N) is 5. The summed E-state index contributed by atoms with van der Waals surface area (Å²) in [5.74, 6) is 2.70. The molecule has 27 heavy (non-hydrogen) atoms. The first-order valence-electron chi connectivity index (χ1n) is 10.0. The fraction of sp³-hybridized carbons (Fsp3) is 0.684. The third kappa shape index (κ3) is 4.00. The van der Waals surface area contributed by atoms with E-state index in [-0.39, 0.29) is 12.1 Å². The first-order chi connectivity index (χ1) is 13.1. The van der Waals surface area contributed by atoms with Gasteiger partial charge in [-0.05, 0) is 39.5 Å². The van der Waals surface area contributed by atoms with Crippen molar-refractivity contribution in [3.8, 4) is 0 Å². The summed E-state index contributed by atoms with van der Waals surface area (Å²) in [7, 11) is 0. The molecule has 0 spiro atoms. The Bertz CT molecular complexity index is 792. The Hall–Kier alpha value is -1.96. The zero-order valence-corrected chi connectivity index (χ0v) is 17.0. The minimum atomic E-state index is -0.0545. The van der Waals surface area contributed by atoms with Crippen LogP contribution in [0.2, 0.25) is 0 Å². The van der Waals surface area contributed by atoms with Crippen molar-refractivity contribution in [1.82, 2.24) is 30.0 Å². The quantitative estimate of drug-likeness (QED) is 0.874. The predicted octanol–water partition coefficient (Wildman–Crippen LogP) is 3.42. The fourth-order valence-electron chi connectivity index (χ4n) is 4.06. The topological polar surface area (TPSA) is 75.9 Å². The van der Waals surface area contributed by atoms with E-state index < -0.39 is 0 Å². The van der Waals surface area contributed by atoms with Crippen molar-refractivity contribution < 1.29 is 4.79 Å². The molecule has 4 rings (SSSR count). The lowest BCUT2D eigenvalue weighted by Gasteiger charge is -2.32. The van der Waals surface area contributed by atoms with E-state index in [1.54, 1.807) is 11.3 Å². The SMILES string of the molecule is Cc1csc([C@H](C)NC(=O)N2CCC(c3nnc4n3CCCCC4)CC2)n1. The first kappa shape index (κ1) is 18.4. The number of fused-ring (bicyclic) bond motifs is 1. The maximum absolute atomic E-state index is 12.6. The molecule has 4 heterocycles. The lowest BCUT2D eigenvalue weighted by atomic mass is 9.96. The van der Waals surface area contributed by atoms with Gasteiger partial charge >= 0.3 is 6.03 Å². The summed E-state index contributed by atoms with van der Waals surface area (Å²) < 4.78 is 2.35. The number of hydrogen-bond acceptors (Lipinski definition) is 5. The van der Waals surface area contributed by atoms with Crippen molar-refractivity contribution in [2.45, 2.75) is 70.9 Å². The molecule has 146 valence electrons. The van der Waals surface area contributed by atoms with E-state index in [1.165, 1.54) is 19.3 Å². The van der Waals surface area contributed by atoms with Crippen molar-refractivity contribution in [3.63, 3.8) is 0 Å². The largest absolute Gasteiger partial charge is 0.329 e. The number of carbonyl (C=O) groups excluding carboxylic acids is 1. The Labute approximate surface area is 164 Å². The summed E-state index contributed by atoms with van der Waals surface area (Å²) in [6.07, 6.45) is 6.66. The Morgan fingerprint density at radius 3 is 2.78 bits per heavy atom. The number of hydrogen-bond donors (Lipinski definition) is 1. The van der Waals surface area contributed by atoms with E-state index in [0.717, 1.165) is 61.2 Å². The van der Waals surface area contributed by atoms with Gasteiger partial charge in [-0.15, -0.1) is 21.5 Å². The molecule has 2 aromatic rings. The van der Waals surface area contributed by atoms with Gasteiger partial charge in [0.05, 0.1) is 6.04 Å². The van der Waals surface area contributed by atoms with Crippen molar-refractivity contribution in [3.05, 3.63) is 27.7 Å². The average Bonchev–Trinajstić information content (AvgIpc) is 3.21. The number of amides is 2. The highest BCUT2D eigenvalue weighted by Gasteiger charge is 2.29. The molecule has 0 radical (unpaired) electrons. The van der Waals surface area contributed by atoms with Crippen LogP contribution in [0.3, 0.4) is 0 Å². The van der Waals surface area contributed by atoms with Gasteiger partial charge in [0.25, 0.3) is 0 Å². The average molecular weight is 389 g/mol. The summed E-state index contributed by atoms with van der Waals surface area (Å²) >= 11 is 1.60. The zero-order valence-electron chi connectivity index (χ0n) is 16.1. The summed E-state index contributed by atoms with van der Waals surface area (Å²) in [5, 5.41) is 15.0. The molecular formula is C19H28N6OS. The van der Waals surface area contributed by atoms with Crippen LogP contribution in [0.5, 0.6) is 0 Å². The standard InChI is InChI=1S/C19H28N6OS/c1-13-12-27-18(20-13)14(2)21-19(26)24-10-7-15(8-11-24)17-23-22-16-6-4-3-5-9-25(16)17/h12,14-15H,3-11H2,1-2H3,(H,21,26)/t14-/m0/s1. The number of aryl methyl sites for hydroxylation is 2. The van der Waals surface area contributed by atoms with Gasteiger partial charge in [-0.1, -0.05) is 6.42 Å². The monoisotopic (exact) mass is 388 g/mol. The molecule has 1 fully saturated rings. The van der Waals surface area contributed by atoms with Gasteiger partial charge in [-0.25, -0.2) is 9.78 Å². The lowest BCUT2D eigenvalue weighted by Crippen LogP contribution is -2.45. The minimum Gasteiger partial charge on any atom is -0.329 e. The third-order valence-corrected chi connectivity index (χ3v) is 6.78. The maximum Gasteiger partial charge on any atom is 0.317 e. The van der Waals surface area contributed by atoms with E-state index >= 15 is 0 Å². The Morgan fingerprint density at radius 1 is 1.22 bits per heavy atom. The highest BCUT2D eigenvalue weighted by atomic mass is 32.1. The molecule has 0 aliphatic carbocycles. The number of aromatic nitrogens is 4. The van der Waals surface area contributed by atoms with Crippen LogP contribution in [-0.4, -0.2) is 43.8 Å². The molecule has 0 unspecified atom stereocenters. The Kier molecular flexibility index (Phi) is 5.43. The summed E-state index contributed by atoms with van der Waals surface area (Å²) in [6, 6.07) is -0.0462. The molecular weight excluding hydrogens is 360 g/mol. The zero-order chi connectivity index (χ0) is 18.8. The number of carbonyl (C=O) groups is 1. The second-order valence-electron chi connectivity index (χ2n) is 7.70. The summed E-state index contributed by atoms with van der Waals surface area (Å²) in [4.78, 5) is 19.0. The molecule has 1 saturated heterocycles. The van der Waals surface area contributed by atoms with E-state index in [2.05, 4.69) is 25.1 Å². The lowest BCUT2D eigenvalue weighted by molar-refractivity contribution is 0.177. The third-order valence-electron chi connectivity index (χ3n) is 5.63. The van der Waals surface area contributed by atoms with Crippen LogP contribution < -0.4 is 5.32 Å². The van der Waals surface area contributed by atoms with Crippen LogP contribution in [0.15, 0.2) is 5.38 Å². The molecule has 1 N–H and O–H groups in total. The van der Waals surface area contributed by atoms with Gasteiger partial charge in [0.15, 0.2) is 0 Å². The van der Waals surface area contributed by atoms with Crippen LogP contribution in [0.1, 0.15) is 73.3 Å². The summed E-state index contributed by atoms with van der Waals surface area (Å²) in [6.45, 7) is 6.55. The van der Waals surface area contributed by atoms with Crippen LogP contribution in [0.4, 0.5) is 4.79 Å². The molecule has 2 amide bonds. The molecule has 7 nitrogen and oxygen atoms in total. The van der Waals surface area contributed by atoms with Gasteiger partial charge in [0.1, 0.15) is 16.7 Å². The van der Waals surface area contributed by atoms with Gasteiger partial charge in [-0.3, -0.25) is 0 Å². The first-order valence-corrected chi connectivity index (χ1v) is 10.9.